The standard InChI is InChI=1S/C23H29FN2O/c1-17-13-21(25-22(14-17)18-3-4-18)15-27-16-23(9-11-26(2)12-10-23)19-5-7-20(24)8-6-19/h5-8,13-14,18H,3-4,9-12,15-16H2,1-2H3. The van der Waals surface area contributed by atoms with E-state index in [0.717, 1.165) is 31.6 Å². The summed E-state index contributed by atoms with van der Waals surface area (Å²) in [6.45, 7) is 5.40. The molecular weight excluding hydrogens is 339 g/mol. The number of halogens is 1. The highest BCUT2D eigenvalue weighted by atomic mass is 19.1. The maximum Gasteiger partial charge on any atom is 0.123 e. The lowest BCUT2D eigenvalue weighted by molar-refractivity contribution is 0.0393. The van der Waals surface area contributed by atoms with Crippen molar-refractivity contribution in [2.45, 2.75) is 50.5 Å². The summed E-state index contributed by atoms with van der Waals surface area (Å²) in [6, 6.07) is 11.3. The van der Waals surface area contributed by atoms with Crippen LogP contribution in [0.4, 0.5) is 4.39 Å². The molecule has 4 heteroatoms. The van der Waals surface area contributed by atoms with Gasteiger partial charge < -0.3 is 9.64 Å². The van der Waals surface area contributed by atoms with E-state index < -0.39 is 0 Å². The quantitative estimate of drug-likeness (QED) is 0.746. The summed E-state index contributed by atoms with van der Waals surface area (Å²) in [7, 11) is 2.16. The number of rotatable bonds is 6. The summed E-state index contributed by atoms with van der Waals surface area (Å²) in [5, 5.41) is 0. The highest BCUT2D eigenvalue weighted by molar-refractivity contribution is 5.28. The van der Waals surface area contributed by atoms with Crippen molar-refractivity contribution in [1.29, 1.82) is 0 Å². The van der Waals surface area contributed by atoms with E-state index >= 15 is 0 Å². The van der Waals surface area contributed by atoms with E-state index in [2.05, 4.69) is 31.0 Å². The molecule has 2 heterocycles. The van der Waals surface area contributed by atoms with Gasteiger partial charge in [-0.3, -0.25) is 4.98 Å². The molecule has 2 aliphatic rings. The molecule has 0 N–H and O–H groups in total. The fourth-order valence-corrected chi connectivity index (χ4v) is 4.15. The molecule has 27 heavy (non-hydrogen) atoms. The third kappa shape index (κ3) is 4.39. The van der Waals surface area contributed by atoms with Crippen LogP contribution in [0.25, 0.3) is 0 Å². The number of ether oxygens (including phenoxy) is 1. The summed E-state index contributed by atoms with van der Waals surface area (Å²) in [5.74, 6) is 0.474. The molecule has 1 aliphatic carbocycles. The van der Waals surface area contributed by atoms with E-state index in [0.29, 0.717) is 19.1 Å². The molecule has 1 aromatic carbocycles. The van der Waals surface area contributed by atoms with Crippen LogP contribution >= 0.6 is 0 Å². The lowest BCUT2D eigenvalue weighted by atomic mass is 9.73. The topological polar surface area (TPSA) is 25.4 Å². The molecule has 0 amide bonds. The van der Waals surface area contributed by atoms with Crippen LogP contribution in [0.5, 0.6) is 0 Å². The van der Waals surface area contributed by atoms with Crippen molar-refractivity contribution in [2.75, 3.05) is 26.7 Å². The zero-order valence-corrected chi connectivity index (χ0v) is 16.4. The first kappa shape index (κ1) is 18.6. The Morgan fingerprint density at radius 2 is 1.85 bits per heavy atom. The van der Waals surface area contributed by atoms with Crippen LogP contribution in [0.1, 0.15) is 54.1 Å². The monoisotopic (exact) mass is 368 g/mol. The SMILES string of the molecule is Cc1cc(COCC2(c3ccc(F)cc3)CCN(C)CC2)nc(C2CC2)c1. The van der Waals surface area contributed by atoms with Crippen LogP contribution in [0.3, 0.4) is 0 Å². The minimum absolute atomic E-state index is 0.0383. The number of benzene rings is 1. The smallest absolute Gasteiger partial charge is 0.123 e. The van der Waals surface area contributed by atoms with Crippen LogP contribution in [-0.4, -0.2) is 36.6 Å². The molecular formula is C23H29FN2O. The van der Waals surface area contributed by atoms with Gasteiger partial charge in [-0.25, -0.2) is 4.39 Å². The summed E-state index contributed by atoms with van der Waals surface area (Å²) in [6.07, 6.45) is 4.59. The first-order chi connectivity index (χ1) is 13.0. The largest absolute Gasteiger partial charge is 0.374 e. The first-order valence-corrected chi connectivity index (χ1v) is 10.0. The third-order valence-electron chi connectivity index (χ3n) is 6.07. The van der Waals surface area contributed by atoms with Crippen LogP contribution in [0, 0.1) is 12.7 Å². The summed E-state index contributed by atoms with van der Waals surface area (Å²) >= 11 is 0. The van der Waals surface area contributed by atoms with Crippen molar-refractivity contribution in [2.24, 2.45) is 0 Å². The minimum Gasteiger partial charge on any atom is -0.374 e. The Labute approximate surface area is 161 Å². The van der Waals surface area contributed by atoms with Gasteiger partial charge in [0.05, 0.1) is 18.9 Å². The van der Waals surface area contributed by atoms with Crippen molar-refractivity contribution in [3.63, 3.8) is 0 Å². The maximum atomic E-state index is 13.4. The summed E-state index contributed by atoms with van der Waals surface area (Å²) in [4.78, 5) is 7.17. The zero-order valence-electron chi connectivity index (χ0n) is 16.4. The van der Waals surface area contributed by atoms with Crippen LogP contribution in [-0.2, 0) is 16.8 Å². The number of hydrogen-bond acceptors (Lipinski definition) is 3. The zero-order chi connectivity index (χ0) is 18.9. The Bertz CT molecular complexity index is 777. The first-order valence-electron chi connectivity index (χ1n) is 10.0. The fraction of sp³-hybridized carbons (Fsp3) is 0.522. The highest BCUT2D eigenvalue weighted by Crippen LogP contribution is 2.39. The normalized spacial score (nSPS) is 20.0. The van der Waals surface area contributed by atoms with Crippen molar-refractivity contribution < 1.29 is 9.13 Å². The maximum absolute atomic E-state index is 13.4. The third-order valence-corrected chi connectivity index (χ3v) is 6.07. The van der Waals surface area contributed by atoms with Gasteiger partial charge in [-0.1, -0.05) is 12.1 Å². The predicted octanol–water partition coefficient (Wildman–Crippen LogP) is 4.59. The van der Waals surface area contributed by atoms with Crippen LogP contribution < -0.4 is 0 Å². The number of pyridine rings is 1. The molecule has 0 atom stereocenters. The molecule has 2 aromatic rings. The van der Waals surface area contributed by atoms with Gasteiger partial charge in [-0.15, -0.1) is 0 Å². The summed E-state index contributed by atoms with van der Waals surface area (Å²) in [5.41, 5.74) is 4.66. The average Bonchev–Trinajstić information content (AvgIpc) is 3.49. The Hall–Kier alpha value is -1.78. The molecule has 1 aliphatic heterocycles. The fourth-order valence-electron chi connectivity index (χ4n) is 4.15. The molecule has 144 valence electrons. The van der Waals surface area contributed by atoms with E-state index in [-0.39, 0.29) is 11.2 Å². The lowest BCUT2D eigenvalue weighted by Gasteiger charge is -2.41. The molecule has 2 fully saturated rings. The van der Waals surface area contributed by atoms with Crippen LogP contribution in [0.2, 0.25) is 0 Å². The van der Waals surface area contributed by atoms with Gasteiger partial charge in [-0.2, -0.15) is 0 Å². The van der Waals surface area contributed by atoms with Gasteiger partial charge in [0.2, 0.25) is 0 Å². The Morgan fingerprint density at radius 1 is 1.15 bits per heavy atom. The highest BCUT2D eigenvalue weighted by Gasteiger charge is 2.36. The van der Waals surface area contributed by atoms with E-state index in [1.165, 1.54) is 29.7 Å². The van der Waals surface area contributed by atoms with Gasteiger partial charge in [0, 0.05) is 17.0 Å². The number of likely N-dealkylation sites (tertiary alicyclic amines) is 1. The summed E-state index contributed by atoms with van der Waals surface area (Å²) < 4.78 is 19.6. The number of hydrogen-bond donors (Lipinski definition) is 0. The molecule has 0 radical (unpaired) electrons. The number of piperidine rings is 1. The van der Waals surface area contributed by atoms with E-state index in [4.69, 9.17) is 9.72 Å². The molecule has 0 bridgehead atoms. The molecule has 0 spiro atoms. The van der Waals surface area contributed by atoms with E-state index in [1.807, 2.05) is 12.1 Å². The van der Waals surface area contributed by atoms with Gasteiger partial charge in [0.25, 0.3) is 0 Å². The van der Waals surface area contributed by atoms with Gasteiger partial charge in [0.1, 0.15) is 5.82 Å². The molecule has 4 rings (SSSR count). The van der Waals surface area contributed by atoms with Gasteiger partial charge >= 0.3 is 0 Å². The number of nitrogens with zero attached hydrogens (tertiary/aromatic N) is 2. The number of aryl methyl sites for hydroxylation is 1. The van der Waals surface area contributed by atoms with Gasteiger partial charge in [0.15, 0.2) is 0 Å². The average molecular weight is 368 g/mol. The minimum atomic E-state index is -0.181. The Morgan fingerprint density at radius 3 is 2.52 bits per heavy atom. The van der Waals surface area contributed by atoms with E-state index in [1.54, 1.807) is 12.1 Å². The predicted molar refractivity (Wildman–Crippen MR) is 105 cm³/mol. The van der Waals surface area contributed by atoms with E-state index in [9.17, 15) is 4.39 Å². The lowest BCUT2D eigenvalue weighted by Crippen LogP contribution is -2.43. The molecule has 1 saturated heterocycles. The van der Waals surface area contributed by atoms with Crippen LogP contribution in [0.15, 0.2) is 36.4 Å². The van der Waals surface area contributed by atoms with Gasteiger partial charge in [-0.05, 0) is 88.1 Å². The number of aromatic nitrogens is 1. The molecule has 0 unspecified atom stereocenters. The van der Waals surface area contributed by atoms with Crippen molar-refractivity contribution in [3.05, 3.63) is 64.7 Å². The molecule has 1 aromatic heterocycles. The molecule has 3 nitrogen and oxygen atoms in total. The van der Waals surface area contributed by atoms with Crippen molar-refractivity contribution >= 4 is 0 Å². The molecule has 1 saturated carbocycles. The Kier molecular flexibility index (Phi) is 5.29. The van der Waals surface area contributed by atoms with Crippen molar-refractivity contribution in [3.8, 4) is 0 Å². The Balaban J connectivity index is 1.47. The second-order valence-corrected chi connectivity index (χ2v) is 8.42. The second-order valence-electron chi connectivity index (χ2n) is 8.42. The van der Waals surface area contributed by atoms with Crippen molar-refractivity contribution in [1.82, 2.24) is 9.88 Å². The second kappa shape index (κ2) is 7.69.